The Kier molecular flexibility index (Phi) is 3.94. The van der Waals surface area contributed by atoms with Crippen LogP contribution in [-0.2, 0) is 6.54 Å². The molecule has 0 aromatic carbocycles. The lowest BCUT2D eigenvalue weighted by molar-refractivity contribution is 0.000971. The quantitative estimate of drug-likeness (QED) is 0.837. The number of aliphatic hydroxyl groups is 1. The van der Waals surface area contributed by atoms with Gasteiger partial charge in [-0.2, -0.15) is 0 Å². The number of aryl methyl sites for hydroxylation is 1. The molecule has 0 amide bonds. The topological polar surface area (TPSA) is 54.4 Å². The summed E-state index contributed by atoms with van der Waals surface area (Å²) in [4.78, 5) is 4.57. The standard InChI is InChI=1S/C16H24N2O2/c1-12-4-7-15(14(18-12)10-17-13-5-6-13)20-11-16(19)8-2-3-9-16/h4,7,13,17,19H,2-3,5-6,8-11H2,1H3. The summed E-state index contributed by atoms with van der Waals surface area (Å²) in [5.74, 6) is 0.809. The summed E-state index contributed by atoms with van der Waals surface area (Å²) in [6, 6.07) is 4.60. The molecule has 2 aliphatic carbocycles. The van der Waals surface area contributed by atoms with Gasteiger partial charge in [-0.25, -0.2) is 0 Å². The third-order valence-corrected chi connectivity index (χ3v) is 4.24. The maximum absolute atomic E-state index is 10.4. The zero-order valence-corrected chi connectivity index (χ0v) is 12.2. The van der Waals surface area contributed by atoms with Crippen LogP contribution in [0, 0.1) is 6.92 Å². The SMILES string of the molecule is Cc1ccc(OCC2(O)CCCC2)c(CNC2CC2)n1. The minimum absolute atomic E-state index is 0.383. The lowest BCUT2D eigenvalue weighted by Gasteiger charge is -2.23. The summed E-state index contributed by atoms with van der Waals surface area (Å²) in [5.41, 5.74) is 1.33. The van der Waals surface area contributed by atoms with E-state index in [0.29, 0.717) is 12.6 Å². The molecular formula is C16H24N2O2. The molecule has 0 spiro atoms. The molecular weight excluding hydrogens is 252 g/mol. The first-order valence-electron chi connectivity index (χ1n) is 7.70. The van der Waals surface area contributed by atoms with E-state index in [1.54, 1.807) is 0 Å². The fourth-order valence-electron chi connectivity index (χ4n) is 2.77. The Balaban J connectivity index is 1.64. The number of rotatable bonds is 6. The van der Waals surface area contributed by atoms with E-state index in [1.165, 1.54) is 12.8 Å². The maximum atomic E-state index is 10.4. The van der Waals surface area contributed by atoms with Gasteiger partial charge in [0.05, 0.1) is 11.3 Å². The van der Waals surface area contributed by atoms with Crippen LogP contribution in [0.2, 0.25) is 0 Å². The zero-order chi connectivity index (χ0) is 14.0. The first kappa shape index (κ1) is 13.8. The molecule has 0 aliphatic heterocycles. The predicted octanol–water partition coefficient (Wildman–Crippen LogP) is 2.33. The van der Waals surface area contributed by atoms with Crippen molar-refractivity contribution in [1.29, 1.82) is 0 Å². The second kappa shape index (κ2) is 5.70. The molecule has 1 aromatic heterocycles. The van der Waals surface area contributed by atoms with Gasteiger partial charge >= 0.3 is 0 Å². The Morgan fingerprint density at radius 2 is 2.10 bits per heavy atom. The molecule has 2 N–H and O–H groups in total. The van der Waals surface area contributed by atoms with Crippen LogP contribution in [0.4, 0.5) is 0 Å². The molecule has 2 fully saturated rings. The number of hydrogen-bond donors (Lipinski definition) is 2. The molecule has 2 aliphatic rings. The van der Waals surface area contributed by atoms with Crippen LogP contribution in [0.1, 0.15) is 49.9 Å². The minimum Gasteiger partial charge on any atom is -0.489 e. The summed E-state index contributed by atoms with van der Waals surface area (Å²) in [6.45, 7) is 3.13. The van der Waals surface area contributed by atoms with E-state index in [0.717, 1.165) is 49.4 Å². The van der Waals surface area contributed by atoms with E-state index >= 15 is 0 Å². The maximum Gasteiger partial charge on any atom is 0.142 e. The van der Waals surface area contributed by atoms with Crippen LogP contribution in [0.25, 0.3) is 0 Å². The van der Waals surface area contributed by atoms with Crippen LogP contribution >= 0.6 is 0 Å². The summed E-state index contributed by atoms with van der Waals surface area (Å²) < 4.78 is 5.88. The molecule has 20 heavy (non-hydrogen) atoms. The van der Waals surface area contributed by atoms with E-state index in [1.807, 2.05) is 19.1 Å². The van der Waals surface area contributed by atoms with Gasteiger partial charge in [-0.15, -0.1) is 0 Å². The van der Waals surface area contributed by atoms with E-state index < -0.39 is 5.60 Å². The minimum atomic E-state index is -0.633. The number of hydrogen-bond acceptors (Lipinski definition) is 4. The van der Waals surface area contributed by atoms with E-state index in [2.05, 4.69) is 10.3 Å². The largest absolute Gasteiger partial charge is 0.489 e. The Morgan fingerprint density at radius 1 is 1.35 bits per heavy atom. The molecule has 2 saturated carbocycles. The molecule has 0 saturated heterocycles. The van der Waals surface area contributed by atoms with E-state index in [9.17, 15) is 5.11 Å². The van der Waals surface area contributed by atoms with Gasteiger partial charge in [0.15, 0.2) is 0 Å². The molecule has 0 atom stereocenters. The predicted molar refractivity (Wildman–Crippen MR) is 77.7 cm³/mol. The van der Waals surface area contributed by atoms with Crippen LogP contribution in [0.5, 0.6) is 5.75 Å². The highest BCUT2D eigenvalue weighted by atomic mass is 16.5. The molecule has 1 aromatic rings. The van der Waals surface area contributed by atoms with Gasteiger partial charge in [-0.1, -0.05) is 12.8 Å². The Labute approximate surface area is 120 Å². The van der Waals surface area contributed by atoms with Crippen molar-refractivity contribution >= 4 is 0 Å². The molecule has 4 heteroatoms. The Hall–Kier alpha value is -1.13. The highest BCUT2D eigenvalue weighted by molar-refractivity contribution is 5.29. The molecule has 0 unspecified atom stereocenters. The molecule has 0 radical (unpaired) electrons. The van der Waals surface area contributed by atoms with Crippen LogP contribution in [0.3, 0.4) is 0 Å². The van der Waals surface area contributed by atoms with Gasteiger partial charge in [-0.3, -0.25) is 4.98 Å². The fourth-order valence-corrected chi connectivity index (χ4v) is 2.77. The van der Waals surface area contributed by atoms with Crippen molar-refractivity contribution < 1.29 is 9.84 Å². The van der Waals surface area contributed by atoms with Crippen LogP contribution < -0.4 is 10.1 Å². The molecule has 110 valence electrons. The number of ether oxygens (including phenoxy) is 1. The van der Waals surface area contributed by atoms with Crippen molar-refractivity contribution in [3.8, 4) is 5.75 Å². The average Bonchev–Trinajstić information content (AvgIpc) is 3.17. The lowest BCUT2D eigenvalue weighted by atomic mass is 10.0. The van der Waals surface area contributed by atoms with Crippen molar-refractivity contribution in [1.82, 2.24) is 10.3 Å². The second-order valence-corrected chi connectivity index (χ2v) is 6.27. The third-order valence-electron chi connectivity index (χ3n) is 4.24. The molecule has 4 nitrogen and oxygen atoms in total. The van der Waals surface area contributed by atoms with Gasteiger partial charge in [0.2, 0.25) is 0 Å². The van der Waals surface area contributed by atoms with Gasteiger partial charge in [0.25, 0.3) is 0 Å². The summed E-state index contributed by atoms with van der Waals surface area (Å²) >= 11 is 0. The highest BCUT2D eigenvalue weighted by Crippen LogP contribution is 2.30. The summed E-state index contributed by atoms with van der Waals surface area (Å²) in [6.07, 6.45) is 6.43. The average molecular weight is 276 g/mol. The smallest absolute Gasteiger partial charge is 0.142 e. The van der Waals surface area contributed by atoms with Crippen molar-refractivity contribution in [3.05, 3.63) is 23.5 Å². The van der Waals surface area contributed by atoms with Gasteiger partial charge in [0, 0.05) is 18.3 Å². The Bertz CT molecular complexity index is 466. The second-order valence-electron chi connectivity index (χ2n) is 6.27. The van der Waals surface area contributed by atoms with Crippen molar-refractivity contribution in [2.45, 2.75) is 63.6 Å². The summed E-state index contributed by atoms with van der Waals surface area (Å²) in [5, 5.41) is 13.8. The van der Waals surface area contributed by atoms with Gasteiger partial charge in [0.1, 0.15) is 12.4 Å². The highest BCUT2D eigenvalue weighted by Gasteiger charge is 2.32. The number of nitrogens with one attached hydrogen (secondary N) is 1. The number of nitrogens with zero attached hydrogens (tertiary/aromatic N) is 1. The molecule has 3 rings (SSSR count). The van der Waals surface area contributed by atoms with E-state index in [-0.39, 0.29) is 0 Å². The van der Waals surface area contributed by atoms with Gasteiger partial charge < -0.3 is 15.2 Å². The van der Waals surface area contributed by atoms with Crippen LogP contribution in [-0.4, -0.2) is 28.3 Å². The first-order valence-corrected chi connectivity index (χ1v) is 7.70. The fraction of sp³-hybridized carbons (Fsp3) is 0.688. The van der Waals surface area contributed by atoms with Crippen molar-refractivity contribution in [2.75, 3.05) is 6.61 Å². The number of pyridine rings is 1. The lowest BCUT2D eigenvalue weighted by Crippen LogP contribution is -2.32. The van der Waals surface area contributed by atoms with Crippen molar-refractivity contribution in [2.24, 2.45) is 0 Å². The summed E-state index contributed by atoms with van der Waals surface area (Å²) in [7, 11) is 0. The first-order chi connectivity index (χ1) is 9.65. The molecule has 0 bridgehead atoms. The van der Waals surface area contributed by atoms with Crippen molar-refractivity contribution in [3.63, 3.8) is 0 Å². The Morgan fingerprint density at radius 3 is 2.80 bits per heavy atom. The van der Waals surface area contributed by atoms with Crippen LogP contribution in [0.15, 0.2) is 12.1 Å². The molecule has 1 heterocycles. The monoisotopic (exact) mass is 276 g/mol. The zero-order valence-electron chi connectivity index (χ0n) is 12.2. The van der Waals surface area contributed by atoms with Gasteiger partial charge in [-0.05, 0) is 44.7 Å². The normalized spacial score (nSPS) is 21.1. The number of aromatic nitrogens is 1. The van der Waals surface area contributed by atoms with E-state index in [4.69, 9.17) is 4.74 Å². The third kappa shape index (κ3) is 3.49.